The minimum absolute atomic E-state index is 0.0914. The Kier molecular flexibility index (Phi) is 5.58. The number of esters is 1. The normalized spacial score (nSPS) is 31.5. The summed E-state index contributed by atoms with van der Waals surface area (Å²) in [5, 5.41) is 12.6. The maximum atomic E-state index is 13.3. The number of carbonyl (C=O) groups is 2. The molecule has 5 atom stereocenters. The van der Waals surface area contributed by atoms with Gasteiger partial charge in [-0.05, 0) is 56.0 Å². The summed E-state index contributed by atoms with van der Waals surface area (Å²) >= 11 is 0. The van der Waals surface area contributed by atoms with Gasteiger partial charge in [0.15, 0.2) is 11.5 Å². The first-order valence-corrected chi connectivity index (χ1v) is 12.9. The van der Waals surface area contributed by atoms with Crippen molar-refractivity contribution in [1.82, 2.24) is 9.80 Å². The quantitative estimate of drug-likeness (QED) is 0.280. The molecule has 3 heterocycles. The molecule has 194 valence electrons. The van der Waals surface area contributed by atoms with Crippen LogP contribution in [0.5, 0.6) is 11.5 Å². The number of aliphatic hydroxyl groups is 1. The summed E-state index contributed by atoms with van der Waals surface area (Å²) in [6, 6.07) is 5.22. The second-order valence-electron chi connectivity index (χ2n) is 10.7. The van der Waals surface area contributed by atoms with Crippen LogP contribution in [0.2, 0.25) is 0 Å². The van der Waals surface area contributed by atoms with E-state index in [1.807, 2.05) is 12.1 Å². The topological polar surface area (TPSA) is 92.5 Å². The van der Waals surface area contributed by atoms with Gasteiger partial charge in [0.2, 0.25) is 5.91 Å². The minimum Gasteiger partial charge on any atom is -0.483 e. The number of benzene rings is 1. The van der Waals surface area contributed by atoms with E-state index in [0.717, 1.165) is 23.2 Å². The highest BCUT2D eigenvalue weighted by atomic mass is 16.6. The molecule has 6 rings (SSSR count). The molecule has 2 fully saturated rings. The van der Waals surface area contributed by atoms with Gasteiger partial charge in [-0.25, -0.2) is 0 Å². The third kappa shape index (κ3) is 3.35. The number of carbonyl (C=O) groups excluding carboxylic acids is 2. The summed E-state index contributed by atoms with van der Waals surface area (Å²) in [5.41, 5.74) is 1.11. The fraction of sp³-hybridized carbons (Fsp3) is 0.448. The lowest BCUT2D eigenvalue weighted by Crippen LogP contribution is -2.78. The Balaban J connectivity index is 1.44. The minimum atomic E-state index is -1.04. The van der Waals surface area contributed by atoms with Crippen LogP contribution in [-0.4, -0.2) is 70.7 Å². The zero-order chi connectivity index (χ0) is 25.9. The number of piperidine rings is 1. The van der Waals surface area contributed by atoms with E-state index in [-0.39, 0.29) is 18.0 Å². The summed E-state index contributed by atoms with van der Waals surface area (Å²) in [5.74, 6) is 0.333. The number of amides is 1. The predicted octanol–water partition coefficient (Wildman–Crippen LogP) is 3.09. The molecule has 1 aromatic heterocycles. The van der Waals surface area contributed by atoms with Crippen molar-refractivity contribution in [3.63, 3.8) is 0 Å². The van der Waals surface area contributed by atoms with E-state index in [9.17, 15) is 14.7 Å². The average molecular weight is 505 g/mol. The lowest BCUT2D eigenvalue weighted by atomic mass is 9.48. The van der Waals surface area contributed by atoms with Crippen LogP contribution < -0.4 is 9.47 Å². The van der Waals surface area contributed by atoms with E-state index in [1.165, 1.54) is 13.0 Å². The Bertz CT molecular complexity index is 1290. The molecule has 1 spiro atoms. The molecule has 37 heavy (non-hydrogen) atoms. The van der Waals surface area contributed by atoms with Gasteiger partial charge in [-0.2, -0.15) is 0 Å². The smallest absolute Gasteiger partial charge is 0.308 e. The first kappa shape index (κ1) is 24.0. The highest BCUT2D eigenvalue weighted by Gasteiger charge is 2.73. The molecule has 1 aromatic carbocycles. The monoisotopic (exact) mass is 504 g/mol. The molecule has 2 aromatic rings. The van der Waals surface area contributed by atoms with E-state index in [2.05, 4.69) is 11.5 Å². The molecular weight excluding hydrogens is 472 g/mol. The molecule has 8 nitrogen and oxygen atoms in total. The van der Waals surface area contributed by atoms with Crippen molar-refractivity contribution in [2.45, 2.75) is 61.8 Å². The molecule has 1 amide bonds. The van der Waals surface area contributed by atoms with Crippen molar-refractivity contribution >= 4 is 18.0 Å². The molecular formula is C29H32N2O6. The third-order valence-electron chi connectivity index (χ3n) is 8.95. The third-order valence-corrected chi connectivity index (χ3v) is 8.95. The Labute approximate surface area is 216 Å². The molecule has 1 saturated heterocycles. The molecule has 4 aliphatic rings. The molecule has 1 N–H and O–H groups in total. The number of nitrogens with zero attached hydrogens (tertiary/aromatic N) is 2. The van der Waals surface area contributed by atoms with Crippen molar-refractivity contribution in [3.8, 4) is 11.5 Å². The molecule has 2 aliphatic carbocycles. The lowest BCUT2D eigenvalue weighted by molar-refractivity contribution is -0.198. The summed E-state index contributed by atoms with van der Waals surface area (Å²) in [4.78, 5) is 29.2. The maximum absolute atomic E-state index is 13.3. The van der Waals surface area contributed by atoms with Crippen LogP contribution in [0.4, 0.5) is 0 Å². The standard InChI is InChI=1S/C29H32N2O6/c1-4-13-31-14-12-28-25-20-6-7-22(36-18(2)32)26(25)37-27(28)21(9-11-29(28,34)23(31)16-20)30(3)24(33)8-5-19-10-15-35-17-19/h4-8,10,15,17,21,23,27,34H,1,9,11-14,16H2,2-3H3/b8-5+/t21-,23+,27-,28-,29+/m0/s1. The van der Waals surface area contributed by atoms with Gasteiger partial charge in [0.1, 0.15) is 6.10 Å². The lowest BCUT2D eigenvalue weighted by Gasteiger charge is -2.64. The Morgan fingerprint density at radius 3 is 2.89 bits per heavy atom. The molecule has 0 radical (unpaired) electrons. The highest BCUT2D eigenvalue weighted by molar-refractivity contribution is 5.92. The maximum Gasteiger partial charge on any atom is 0.308 e. The highest BCUT2D eigenvalue weighted by Crippen LogP contribution is 2.65. The number of hydrogen-bond acceptors (Lipinski definition) is 7. The Morgan fingerprint density at radius 1 is 1.32 bits per heavy atom. The van der Waals surface area contributed by atoms with E-state index in [4.69, 9.17) is 13.9 Å². The SMILES string of the molecule is C=CCN1CC[C@]23c4c5ccc(OC(C)=O)c4O[C@H]2[C@@H](N(C)C(=O)/C=C/c2ccoc2)CC[C@@]3(O)[C@H]1C5. The fourth-order valence-electron chi connectivity index (χ4n) is 7.43. The van der Waals surface area contributed by atoms with Gasteiger partial charge in [0, 0.05) is 43.8 Å². The van der Waals surface area contributed by atoms with Gasteiger partial charge in [0.25, 0.3) is 0 Å². The van der Waals surface area contributed by atoms with Gasteiger partial charge in [-0.3, -0.25) is 14.5 Å². The zero-order valence-electron chi connectivity index (χ0n) is 21.2. The van der Waals surface area contributed by atoms with Gasteiger partial charge in [0.05, 0.1) is 29.6 Å². The van der Waals surface area contributed by atoms with E-state index in [1.54, 1.807) is 42.7 Å². The number of likely N-dealkylation sites (tertiary alicyclic amines) is 1. The van der Waals surface area contributed by atoms with Crippen molar-refractivity contribution in [2.75, 3.05) is 20.1 Å². The van der Waals surface area contributed by atoms with Gasteiger partial charge in [-0.15, -0.1) is 6.58 Å². The van der Waals surface area contributed by atoms with E-state index >= 15 is 0 Å². The summed E-state index contributed by atoms with van der Waals surface area (Å²) < 4.78 is 17.3. The summed E-state index contributed by atoms with van der Waals surface area (Å²) in [6.45, 7) is 6.78. The van der Waals surface area contributed by atoms with Crippen LogP contribution in [0, 0.1) is 0 Å². The fourth-order valence-corrected chi connectivity index (χ4v) is 7.43. The van der Waals surface area contributed by atoms with Crippen LogP contribution in [0.25, 0.3) is 6.08 Å². The number of likely N-dealkylation sites (N-methyl/N-ethyl adjacent to an activating group) is 1. The summed E-state index contributed by atoms with van der Waals surface area (Å²) in [7, 11) is 1.79. The first-order chi connectivity index (χ1) is 17.8. The second kappa shape index (κ2) is 8.60. The molecule has 0 unspecified atom stereocenters. The number of furan rings is 1. The van der Waals surface area contributed by atoms with Crippen LogP contribution in [0.3, 0.4) is 0 Å². The van der Waals surface area contributed by atoms with Crippen molar-refractivity contribution < 1.29 is 28.6 Å². The Hall–Kier alpha value is -3.36. The van der Waals surface area contributed by atoms with Crippen LogP contribution in [0.15, 0.2) is 53.9 Å². The number of hydrogen-bond donors (Lipinski definition) is 1. The van der Waals surface area contributed by atoms with Crippen molar-refractivity contribution in [1.29, 1.82) is 0 Å². The predicted molar refractivity (Wildman–Crippen MR) is 136 cm³/mol. The van der Waals surface area contributed by atoms with Crippen molar-refractivity contribution in [3.05, 3.63) is 66.1 Å². The largest absolute Gasteiger partial charge is 0.483 e. The van der Waals surface area contributed by atoms with Crippen LogP contribution in [0.1, 0.15) is 42.9 Å². The summed E-state index contributed by atoms with van der Waals surface area (Å²) in [6.07, 6.45) is 10.3. The second-order valence-corrected chi connectivity index (χ2v) is 10.7. The zero-order valence-corrected chi connectivity index (χ0v) is 21.2. The van der Waals surface area contributed by atoms with Crippen LogP contribution in [-0.2, 0) is 21.4 Å². The molecule has 1 saturated carbocycles. The average Bonchev–Trinajstić information content (AvgIpc) is 3.50. The van der Waals surface area contributed by atoms with Crippen LogP contribution >= 0.6 is 0 Å². The van der Waals surface area contributed by atoms with Gasteiger partial charge in [-0.1, -0.05) is 12.1 Å². The van der Waals surface area contributed by atoms with E-state index < -0.39 is 23.1 Å². The molecule has 2 aliphatic heterocycles. The Morgan fingerprint density at radius 2 is 2.16 bits per heavy atom. The molecule has 2 bridgehead atoms. The number of ether oxygens (including phenoxy) is 2. The van der Waals surface area contributed by atoms with Crippen molar-refractivity contribution in [2.24, 2.45) is 0 Å². The number of rotatable bonds is 6. The van der Waals surface area contributed by atoms with Gasteiger partial charge < -0.3 is 23.9 Å². The van der Waals surface area contributed by atoms with E-state index in [0.29, 0.717) is 43.7 Å². The van der Waals surface area contributed by atoms with Gasteiger partial charge >= 0.3 is 5.97 Å². The first-order valence-electron chi connectivity index (χ1n) is 12.9. The molecule has 8 heteroatoms.